The third-order valence-electron chi connectivity index (χ3n) is 1.70. The number of carbonyl (C=O) groups excluding carboxylic acids is 1. The summed E-state index contributed by atoms with van der Waals surface area (Å²) in [6, 6.07) is 0. The summed E-state index contributed by atoms with van der Waals surface area (Å²) in [4.78, 5) is 15.2. The second kappa shape index (κ2) is 6.34. The molecule has 0 saturated carbocycles. The van der Waals surface area contributed by atoms with Crippen LogP contribution in [0.5, 0.6) is 0 Å². The fourth-order valence-electron chi connectivity index (χ4n) is 0.940. The number of aromatic nitrogens is 2. The van der Waals surface area contributed by atoms with Crippen molar-refractivity contribution in [3.63, 3.8) is 0 Å². The zero-order chi connectivity index (χ0) is 11.1. The first-order valence-electron chi connectivity index (χ1n) is 4.95. The van der Waals surface area contributed by atoms with E-state index in [1.54, 1.807) is 0 Å². The Kier molecular flexibility index (Phi) is 5.03. The first-order chi connectivity index (χ1) is 7.18. The fourth-order valence-corrected chi connectivity index (χ4v) is 1.40. The number of hydrogen-bond donors (Lipinski definition) is 2. The van der Waals surface area contributed by atoms with Gasteiger partial charge >= 0.3 is 0 Å². The highest BCUT2D eigenvalue weighted by atomic mass is 32.1. The third-order valence-corrected chi connectivity index (χ3v) is 2.32. The predicted octanol–water partition coefficient (Wildman–Crippen LogP) is 1.11. The molecule has 0 spiro atoms. The van der Waals surface area contributed by atoms with Gasteiger partial charge < -0.3 is 10.6 Å². The Labute approximate surface area is 93.5 Å². The van der Waals surface area contributed by atoms with E-state index in [9.17, 15) is 4.79 Å². The molecule has 0 aliphatic carbocycles. The monoisotopic (exact) mass is 228 g/mol. The summed E-state index contributed by atoms with van der Waals surface area (Å²) >= 11 is 1.29. The zero-order valence-electron chi connectivity index (χ0n) is 8.99. The minimum Gasteiger partial charge on any atom is -0.360 e. The molecule has 15 heavy (non-hydrogen) atoms. The topological polar surface area (TPSA) is 66.9 Å². The first-order valence-corrected chi connectivity index (χ1v) is 5.73. The minimum atomic E-state index is 0.0701. The van der Waals surface area contributed by atoms with Gasteiger partial charge in [-0.15, -0.1) is 0 Å². The molecular weight excluding hydrogens is 212 g/mol. The minimum absolute atomic E-state index is 0.0701. The molecule has 1 aromatic rings. The molecule has 0 saturated heterocycles. The van der Waals surface area contributed by atoms with Gasteiger partial charge in [0.1, 0.15) is 6.33 Å². The molecule has 0 atom stereocenters. The van der Waals surface area contributed by atoms with Crippen molar-refractivity contribution in [3.8, 4) is 0 Å². The Hall–Kier alpha value is -1.17. The summed E-state index contributed by atoms with van der Waals surface area (Å²) < 4.78 is 3.85. The average Bonchev–Trinajstić information content (AvgIpc) is 2.67. The lowest BCUT2D eigenvalue weighted by Crippen LogP contribution is -2.28. The highest BCUT2D eigenvalue weighted by molar-refractivity contribution is 7.09. The van der Waals surface area contributed by atoms with Gasteiger partial charge in [-0.1, -0.05) is 13.8 Å². The third kappa shape index (κ3) is 5.31. The highest BCUT2D eigenvalue weighted by Crippen LogP contribution is 2.05. The molecule has 0 unspecified atom stereocenters. The van der Waals surface area contributed by atoms with Crippen molar-refractivity contribution in [3.05, 3.63) is 6.33 Å². The second-order valence-electron chi connectivity index (χ2n) is 3.62. The van der Waals surface area contributed by atoms with Crippen LogP contribution in [-0.4, -0.2) is 28.4 Å². The lowest BCUT2D eigenvalue weighted by molar-refractivity contribution is -0.120. The Morgan fingerprint density at radius 2 is 2.40 bits per heavy atom. The van der Waals surface area contributed by atoms with Crippen molar-refractivity contribution >= 4 is 22.6 Å². The molecule has 0 aliphatic rings. The molecule has 0 aromatic carbocycles. The van der Waals surface area contributed by atoms with E-state index in [0.29, 0.717) is 18.9 Å². The van der Waals surface area contributed by atoms with Crippen LogP contribution in [0.2, 0.25) is 0 Å². The van der Waals surface area contributed by atoms with Crippen LogP contribution in [0.4, 0.5) is 5.13 Å². The van der Waals surface area contributed by atoms with Gasteiger partial charge in [0, 0.05) is 31.0 Å². The first kappa shape index (κ1) is 11.9. The van der Waals surface area contributed by atoms with Crippen molar-refractivity contribution in [2.24, 2.45) is 5.92 Å². The van der Waals surface area contributed by atoms with Gasteiger partial charge in [-0.05, 0) is 5.92 Å². The molecule has 1 heterocycles. The lowest BCUT2D eigenvalue weighted by atomic mass is 10.2. The molecule has 0 aliphatic heterocycles. The summed E-state index contributed by atoms with van der Waals surface area (Å²) in [7, 11) is 0. The van der Waals surface area contributed by atoms with Crippen LogP contribution < -0.4 is 10.6 Å². The summed E-state index contributed by atoms with van der Waals surface area (Å²) in [6.07, 6.45) is 1.96. The second-order valence-corrected chi connectivity index (χ2v) is 4.40. The van der Waals surface area contributed by atoms with E-state index in [1.807, 2.05) is 0 Å². The molecule has 6 heteroatoms. The van der Waals surface area contributed by atoms with Crippen molar-refractivity contribution in [2.45, 2.75) is 20.3 Å². The number of nitrogens with one attached hydrogen (secondary N) is 2. The fraction of sp³-hybridized carbons (Fsp3) is 0.667. The van der Waals surface area contributed by atoms with Gasteiger partial charge in [0.2, 0.25) is 11.0 Å². The van der Waals surface area contributed by atoms with E-state index in [2.05, 4.69) is 33.8 Å². The number of rotatable bonds is 6. The Balaban J connectivity index is 2.07. The van der Waals surface area contributed by atoms with Crippen LogP contribution in [0.15, 0.2) is 6.33 Å². The van der Waals surface area contributed by atoms with Crippen LogP contribution in [-0.2, 0) is 4.79 Å². The van der Waals surface area contributed by atoms with Crippen molar-refractivity contribution in [2.75, 3.05) is 18.4 Å². The molecular formula is C9H16N4OS. The summed E-state index contributed by atoms with van der Waals surface area (Å²) in [5, 5.41) is 6.63. The van der Waals surface area contributed by atoms with Crippen LogP contribution in [0.1, 0.15) is 20.3 Å². The summed E-state index contributed by atoms with van der Waals surface area (Å²) in [5.41, 5.74) is 0. The maximum atomic E-state index is 11.3. The number of anilines is 1. The normalized spacial score (nSPS) is 10.3. The number of hydrogen-bond acceptors (Lipinski definition) is 5. The molecule has 1 rings (SSSR count). The van der Waals surface area contributed by atoms with Gasteiger partial charge in [-0.25, -0.2) is 4.98 Å². The largest absolute Gasteiger partial charge is 0.360 e. The van der Waals surface area contributed by atoms with Gasteiger partial charge in [-0.3, -0.25) is 4.79 Å². The van der Waals surface area contributed by atoms with E-state index in [4.69, 9.17) is 0 Å². The van der Waals surface area contributed by atoms with Crippen molar-refractivity contribution in [1.29, 1.82) is 0 Å². The lowest BCUT2D eigenvalue weighted by Gasteiger charge is -2.07. The van der Waals surface area contributed by atoms with Gasteiger partial charge in [0.25, 0.3) is 0 Å². The van der Waals surface area contributed by atoms with Gasteiger partial charge in [0.15, 0.2) is 0 Å². The van der Waals surface area contributed by atoms with E-state index in [0.717, 1.165) is 11.7 Å². The molecule has 1 aromatic heterocycles. The zero-order valence-corrected chi connectivity index (χ0v) is 9.80. The summed E-state index contributed by atoms with van der Waals surface area (Å²) in [6.45, 7) is 5.47. The molecule has 84 valence electrons. The Bertz CT molecular complexity index is 286. The number of amides is 1. The molecule has 1 amide bonds. The van der Waals surface area contributed by atoms with E-state index < -0.39 is 0 Å². The van der Waals surface area contributed by atoms with Crippen LogP contribution in [0.3, 0.4) is 0 Å². The molecule has 0 fully saturated rings. The number of nitrogens with zero attached hydrogens (tertiary/aromatic N) is 2. The van der Waals surface area contributed by atoms with E-state index in [1.165, 1.54) is 17.9 Å². The highest BCUT2D eigenvalue weighted by Gasteiger charge is 2.02. The van der Waals surface area contributed by atoms with E-state index in [-0.39, 0.29) is 5.91 Å². The predicted molar refractivity (Wildman–Crippen MR) is 60.9 cm³/mol. The van der Waals surface area contributed by atoms with Gasteiger partial charge in [0.05, 0.1) is 0 Å². The smallest absolute Gasteiger partial charge is 0.221 e. The summed E-state index contributed by atoms with van der Waals surface area (Å²) in [5.74, 6) is 0.561. The molecule has 5 nitrogen and oxygen atoms in total. The Morgan fingerprint density at radius 1 is 1.60 bits per heavy atom. The van der Waals surface area contributed by atoms with Crippen molar-refractivity contribution < 1.29 is 4.79 Å². The van der Waals surface area contributed by atoms with Crippen molar-refractivity contribution in [1.82, 2.24) is 14.7 Å². The van der Waals surface area contributed by atoms with Crippen LogP contribution in [0.25, 0.3) is 0 Å². The van der Waals surface area contributed by atoms with Crippen LogP contribution >= 0.6 is 11.5 Å². The SMILES string of the molecule is CC(C)CNC(=O)CCNc1ncns1. The molecule has 0 bridgehead atoms. The van der Waals surface area contributed by atoms with Crippen LogP contribution in [0, 0.1) is 5.92 Å². The maximum Gasteiger partial charge on any atom is 0.221 e. The van der Waals surface area contributed by atoms with Gasteiger partial charge in [-0.2, -0.15) is 4.37 Å². The Morgan fingerprint density at radius 3 is 3.00 bits per heavy atom. The standard InChI is InChI=1S/C9H16N4OS/c1-7(2)5-11-8(14)3-4-10-9-12-6-13-15-9/h6-7H,3-5H2,1-2H3,(H,11,14)(H,10,12,13). The average molecular weight is 228 g/mol. The van der Waals surface area contributed by atoms with E-state index >= 15 is 0 Å². The number of carbonyl (C=O) groups is 1. The quantitative estimate of drug-likeness (QED) is 0.765. The molecule has 2 N–H and O–H groups in total. The molecule has 0 radical (unpaired) electrons. The maximum absolute atomic E-state index is 11.3.